The summed E-state index contributed by atoms with van der Waals surface area (Å²) in [7, 11) is 0. The molecule has 4 rings (SSSR count). The van der Waals surface area contributed by atoms with E-state index in [-0.39, 0.29) is 17.9 Å². The fraction of sp³-hybridized carbons (Fsp3) is 0.652. The highest BCUT2D eigenvalue weighted by molar-refractivity contribution is 5.94. The molecular formula is C23H32N2O4. The molecule has 3 aliphatic heterocycles. The molecule has 0 radical (unpaired) electrons. The molecule has 158 valence electrons. The molecule has 6 heteroatoms. The number of amides is 2. The average Bonchev–Trinajstić information content (AvgIpc) is 3.33. The van der Waals surface area contributed by atoms with E-state index in [2.05, 4.69) is 0 Å². The van der Waals surface area contributed by atoms with E-state index in [9.17, 15) is 9.59 Å². The van der Waals surface area contributed by atoms with Gasteiger partial charge in [-0.05, 0) is 69.2 Å². The largest absolute Gasteiger partial charge is 0.493 e. The maximum absolute atomic E-state index is 12.6. The molecule has 29 heavy (non-hydrogen) atoms. The molecule has 3 fully saturated rings. The number of benzene rings is 1. The molecule has 0 N–H and O–H groups in total. The van der Waals surface area contributed by atoms with E-state index in [1.54, 1.807) is 0 Å². The zero-order valence-corrected chi connectivity index (χ0v) is 17.2. The fourth-order valence-corrected chi connectivity index (χ4v) is 4.56. The van der Waals surface area contributed by atoms with Crippen molar-refractivity contribution in [3.05, 3.63) is 29.8 Å². The van der Waals surface area contributed by atoms with E-state index >= 15 is 0 Å². The van der Waals surface area contributed by atoms with E-state index in [0.717, 1.165) is 76.0 Å². The molecule has 3 heterocycles. The summed E-state index contributed by atoms with van der Waals surface area (Å²) in [5.74, 6) is 1.38. The highest BCUT2D eigenvalue weighted by Gasteiger charge is 2.31. The summed E-state index contributed by atoms with van der Waals surface area (Å²) >= 11 is 0. The third-order valence-corrected chi connectivity index (χ3v) is 6.27. The van der Waals surface area contributed by atoms with Crippen molar-refractivity contribution >= 4 is 11.8 Å². The number of nitrogens with zero attached hydrogens (tertiary/aromatic N) is 2. The molecular weight excluding hydrogens is 368 g/mol. The quantitative estimate of drug-likeness (QED) is 0.762. The Morgan fingerprint density at radius 3 is 2.41 bits per heavy atom. The molecule has 0 bridgehead atoms. The monoisotopic (exact) mass is 400 g/mol. The Balaban J connectivity index is 1.26. The van der Waals surface area contributed by atoms with Crippen LogP contribution in [0.4, 0.5) is 0 Å². The lowest BCUT2D eigenvalue weighted by atomic mass is 9.98. The summed E-state index contributed by atoms with van der Waals surface area (Å²) in [6, 6.07) is 7.49. The minimum atomic E-state index is -0.236. The highest BCUT2D eigenvalue weighted by Crippen LogP contribution is 2.23. The number of carbonyl (C=O) groups is 2. The van der Waals surface area contributed by atoms with Crippen LogP contribution in [0.2, 0.25) is 0 Å². The molecule has 2 amide bonds. The molecule has 6 nitrogen and oxygen atoms in total. The molecule has 3 aliphatic rings. The first-order valence-corrected chi connectivity index (χ1v) is 11.1. The number of piperidine rings is 2. The van der Waals surface area contributed by atoms with E-state index in [4.69, 9.17) is 9.47 Å². The van der Waals surface area contributed by atoms with Crippen LogP contribution in [0, 0.1) is 5.92 Å². The van der Waals surface area contributed by atoms with Crippen LogP contribution in [0.25, 0.3) is 0 Å². The summed E-state index contributed by atoms with van der Waals surface area (Å²) in [6.07, 6.45) is 7.08. The summed E-state index contributed by atoms with van der Waals surface area (Å²) in [5, 5.41) is 0. The Morgan fingerprint density at radius 1 is 0.931 bits per heavy atom. The second kappa shape index (κ2) is 9.61. The van der Waals surface area contributed by atoms with Crippen molar-refractivity contribution < 1.29 is 19.1 Å². The van der Waals surface area contributed by atoms with Crippen molar-refractivity contribution in [3.8, 4) is 5.75 Å². The highest BCUT2D eigenvalue weighted by atomic mass is 16.5. The predicted molar refractivity (Wildman–Crippen MR) is 110 cm³/mol. The van der Waals surface area contributed by atoms with Gasteiger partial charge in [0, 0.05) is 44.3 Å². The van der Waals surface area contributed by atoms with Gasteiger partial charge in [-0.2, -0.15) is 0 Å². The molecule has 1 aromatic carbocycles. The van der Waals surface area contributed by atoms with Gasteiger partial charge in [-0.15, -0.1) is 0 Å². The van der Waals surface area contributed by atoms with Crippen LogP contribution >= 0.6 is 0 Å². The van der Waals surface area contributed by atoms with Crippen LogP contribution in [-0.2, 0) is 9.53 Å². The minimum Gasteiger partial charge on any atom is -0.493 e. The fourth-order valence-electron chi connectivity index (χ4n) is 4.56. The first-order chi connectivity index (χ1) is 14.2. The van der Waals surface area contributed by atoms with Gasteiger partial charge in [0.15, 0.2) is 0 Å². The Labute approximate surface area is 173 Å². The van der Waals surface area contributed by atoms with Crippen LogP contribution in [0.1, 0.15) is 55.3 Å². The van der Waals surface area contributed by atoms with E-state index in [1.807, 2.05) is 34.1 Å². The zero-order valence-electron chi connectivity index (χ0n) is 17.2. The first-order valence-electron chi connectivity index (χ1n) is 11.1. The maximum atomic E-state index is 12.6. The van der Waals surface area contributed by atoms with Gasteiger partial charge in [-0.3, -0.25) is 9.59 Å². The number of carbonyl (C=O) groups excluding carboxylic acids is 2. The van der Waals surface area contributed by atoms with Gasteiger partial charge < -0.3 is 19.3 Å². The van der Waals surface area contributed by atoms with Gasteiger partial charge in [0.1, 0.15) is 11.9 Å². The number of hydrogen-bond acceptors (Lipinski definition) is 4. The van der Waals surface area contributed by atoms with Gasteiger partial charge in [-0.1, -0.05) is 0 Å². The van der Waals surface area contributed by atoms with Crippen LogP contribution in [0.3, 0.4) is 0 Å². The first kappa shape index (κ1) is 20.2. The smallest absolute Gasteiger partial charge is 0.253 e. The van der Waals surface area contributed by atoms with Gasteiger partial charge in [0.05, 0.1) is 6.61 Å². The number of rotatable bonds is 5. The van der Waals surface area contributed by atoms with Crippen molar-refractivity contribution in [2.24, 2.45) is 5.92 Å². The Morgan fingerprint density at radius 2 is 1.69 bits per heavy atom. The van der Waals surface area contributed by atoms with Crippen LogP contribution in [0.5, 0.6) is 5.75 Å². The van der Waals surface area contributed by atoms with Gasteiger partial charge in [-0.25, -0.2) is 0 Å². The number of ether oxygens (including phenoxy) is 2. The SMILES string of the molecule is O=C(c1ccc(OC[C@@H]2CCCN(C(=O)[C@@H]3CCCO3)C2)cc1)N1CCCCC1. The molecule has 0 saturated carbocycles. The second-order valence-corrected chi connectivity index (χ2v) is 8.48. The molecule has 0 aliphatic carbocycles. The predicted octanol–water partition coefficient (Wildman–Crippen LogP) is 3.11. The molecule has 2 atom stereocenters. The zero-order chi connectivity index (χ0) is 20.1. The molecule has 0 unspecified atom stereocenters. The van der Waals surface area contributed by atoms with E-state index in [0.29, 0.717) is 19.1 Å². The lowest BCUT2D eigenvalue weighted by Gasteiger charge is -2.34. The van der Waals surface area contributed by atoms with E-state index < -0.39 is 0 Å². The third kappa shape index (κ3) is 5.10. The standard InChI is InChI=1S/C23H32N2O4/c26-22(24-12-2-1-3-13-24)19-8-10-20(11-9-19)29-17-18-6-4-14-25(16-18)23(27)21-7-5-15-28-21/h8-11,18,21H,1-7,12-17H2/t18-,21+/m1/s1. The minimum absolute atomic E-state index is 0.117. The topological polar surface area (TPSA) is 59.1 Å². The van der Waals surface area contributed by atoms with Crippen LogP contribution < -0.4 is 4.74 Å². The van der Waals surface area contributed by atoms with Crippen LogP contribution in [-0.4, -0.2) is 67.1 Å². The second-order valence-electron chi connectivity index (χ2n) is 8.48. The van der Waals surface area contributed by atoms with Gasteiger partial charge in [0.25, 0.3) is 11.8 Å². The van der Waals surface area contributed by atoms with Crippen molar-refractivity contribution in [2.75, 3.05) is 39.4 Å². The van der Waals surface area contributed by atoms with Gasteiger partial charge in [0.2, 0.25) is 0 Å². The number of likely N-dealkylation sites (tertiary alicyclic amines) is 2. The molecule has 1 aromatic rings. The Kier molecular flexibility index (Phi) is 6.70. The molecule has 0 aromatic heterocycles. The van der Waals surface area contributed by atoms with Crippen LogP contribution in [0.15, 0.2) is 24.3 Å². The number of hydrogen-bond donors (Lipinski definition) is 0. The summed E-state index contributed by atoms with van der Waals surface area (Å²) < 4.78 is 11.5. The van der Waals surface area contributed by atoms with Crippen molar-refractivity contribution in [1.82, 2.24) is 9.80 Å². The van der Waals surface area contributed by atoms with E-state index in [1.165, 1.54) is 6.42 Å². The lowest BCUT2D eigenvalue weighted by molar-refractivity contribution is -0.143. The lowest BCUT2D eigenvalue weighted by Crippen LogP contribution is -2.45. The summed E-state index contributed by atoms with van der Waals surface area (Å²) in [6.45, 7) is 4.58. The Hall–Kier alpha value is -2.08. The maximum Gasteiger partial charge on any atom is 0.253 e. The van der Waals surface area contributed by atoms with Crippen molar-refractivity contribution in [1.29, 1.82) is 0 Å². The summed E-state index contributed by atoms with van der Waals surface area (Å²) in [4.78, 5) is 29.0. The van der Waals surface area contributed by atoms with Crippen molar-refractivity contribution in [2.45, 2.75) is 51.0 Å². The van der Waals surface area contributed by atoms with Gasteiger partial charge >= 0.3 is 0 Å². The van der Waals surface area contributed by atoms with Crippen molar-refractivity contribution in [3.63, 3.8) is 0 Å². The average molecular weight is 401 g/mol. The Bertz CT molecular complexity index is 693. The normalized spacial score (nSPS) is 25.1. The molecule has 0 spiro atoms. The molecule has 3 saturated heterocycles. The third-order valence-electron chi connectivity index (χ3n) is 6.27. The summed E-state index contributed by atoms with van der Waals surface area (Å²) in [5.41, 5.74) is 0.727.